The molecule has 0 radical (unpaired) electrons. The Kier molecular flexibility index (Phi) is 5.03. The van der Waals surface area contributed by atoms with E-state index >= 15 is 0 Å². The molecule has 0 saturated heterocycles. The zero-order valence-electron chi connectivity index (χ0n) is 16.2. The van der Waals surface area contributed by atoms with Crippen LogP contribution >= 0.6 is 0 Å². The molecule has 0 saturated carbocycles. The van der Waals surface area contributed by atoms with E-state index < -0.39 is 0 Å². The highest BCUT2D eigenvalue weighted by Crippen LogP contribution is 2.20. The summed E-state index contributed by atoms with van der Waals surface area (Å²) >= 11 is 0. The number of rotatable bonds is 6. The van der Waals surface area contributed by atoms with Gasteiger partial charge in [-0.15, -0.1) is 0 Å². The first-order valence-corrected chi connectivity index (χ1v) is 9.40. The second-order valence-electron chi connectivity index (χ2n) is 7.06. The van der Waals surface area contributed by atoms with E-state index in [1.807, 2.05) is 26.0 Å². The normalized spacial score (nSPS) is 11.3. The van der Waals surface area contributed by atoms with Crippen LogP contribution in [0.1, 0.15) is 41.9 Å². The first-order valence-electron chi connectivity index (χ1n) is 9.40. The van der Waals surface area contributed by atoms with Gasteiger partial charge in [0.25, 0.3) is 11.5 Å². The largest absolute Gasteiger partial charge is 0.467 e. The molecule has 3 aromatic heterocycles. The maximum atomic E-state index is 13.6. The van der Waals surface area contributed by atoms with Crippen LogP contribution in [0.3, 0.4) is 0 Å². The molecule has 1 aromatic carbocycles. The highest BCUT2D eigenvalue weighted by Gasteiger charge is 2.24. The summed E-state index contributed by atoms with van der Waals surface area (Å²) in [4.78, 5) is 27.9. The van der Waals surface area contributed by atoms with Crippen molar-refractivity contribution < 1.29 is 13.6 Å². The Bertz CT molecular complexity index is 1140. The van der Waals surface area contributed by atoms with Gasteiger partial charge in [-0.3, -0.25) is 9.59 Å². The van der Waals surface area contributed by atoms with Gasteiger partial charge in [-0.05, 0) is 44.2 Å². The lowest BCUT2D eigenvalue weighted by molar-refractivity contribution is 0.0698. The number of furan rings is 2. The molecule has 7 heteroatoms. The fourth-order valence-electron chi connectivity index (χ4n) is 3.25. The smallest absolute Gasteiger partial charge is 0.275 e. The Labute approximate surface area is 167 Å². The number of carbonyl (C=O) groups is 1. The minimum absolute atomic E-state index is 0.178. The number of nitrogens with zero attached hydrogens (tertiary/aromatic N) is 3. The van der Waals surface area contributed by atoms with Crippen LogP contribution in [0, 0.1) is 0 Å². The molecule has 1 amide bonds. The Balaban J connectivity index is 1.82. The minimum atomic E-state index is -0.302. The maximum Gasteiger partial charge on any atom is 0.275 e. The van der Waals surface area contributed by atoms with Crippen LogP contribution in [0.25, 0.3) is 10.8 Å². The molecule has 0 N–H and O–H groups in total. The van der Waals surface area contributed by atoms with Crippen molar-refractivity contribution in [1.82, 2.24) is 14.7 Å². The van der Waals surface area contributed by atoms with E-state index in [0.717, 1.165) is 0 Å². The van der Waals surface area contributed by atoms with Gasteiger partial charge in [0.15, 0.2) is 5.69 Å². The Morgan fingerprint density at radius 1 is 0.966 bits per heavy atom. The number of benzene rings is 1. The molecule has 0 bridgehead atoms. The Morgan fingerprint density at radius 2 is 1.55 bits per heavy atom. The molecule has 4 aromatic rings. The monoisotopic (exact) mass is 391 g/mol. The SMILES string of the molecule is CC(C)n1nc(C(=O)N(Cc2ccco2)Cc2ccco2)c2ccccc2c1=O. The molecule has 0 aliphatic carbocycles. The van der Waals surface area contributed by atoms with Gasteiger partial charge in [0.2, 0.25) is 0 Å². The fourth-order valence-corrected chi connectivity index (χ4v) is 3.25. The first-order chi connectivity index (χ1) is 14.0. The van der Waals surface area contributed by atoms with Gasteiger partial charge in [-0.25, -0.2) is 4.68 Å². The van der Waals surface area contributed by atoms with Gasteiger partial charge in [0.1, 0.15) is 11.5 Å². The van der Waals surface area contributed by atoms with Crippen molar-refractivity contribution in [1.29, 1.82) is 0 Å². The van der Waals surface area contributed by atoms with Gasteiger partial charge < -0.3 is 13.7 Å². The summed E-state index contributed by atoms with van der Waals surface area (Å²) in [6.45, 7) is 4.23. The van der Waals surface area contributed by atoms with Crippen LogP contribution in [0.2, 0.25) is 0 Å². The van der Waals surface area contributed by atoms with Crippen molar-refractivity contribution >= 4 is 16.7 Å². The highest BCUT2D eigenvalue weighted by molar-refractivity contribution is 6.04. The van der Waals surface area contributed by atoms with E-state index in [1.165, 1.54) is 4.68 Å². The summed E-state index contributed by atoms with van der Waals surface area (Å²) in [7, 11) is 0. The third-order valence-corrected chi connectivity index (χ3v) is 4.66. The molecule has 0 atom stereocenters. The van der Waals surface area contributed by atoms with Crippen LogP contribution in [0.4, 0.5) is 0 Å². The Hall–Kier alpha value is -3.61. The van der Waals surface area contributed by atoms with Gasteiger partial charge in [-0.1, -0.05) is 18.2 Å². The number of hydrogen-bond donors (Lipinski definition) is 0. The standard InChI is InChI=1S/C22H21N3O4/c1-15(2)25-21(26)19-10-4-3-9-18(19)20(23-25)22(27)24(13-16-7-5-11-28-16)14-17-8-6-12-29-17/h3-12,15H,13-14H2,1-2H3. The van der Waals surface area contributed by atoms with E-state index in [0.29, 0.717) is 22.3 Å². The van der Waals surface area contributed by atoms with E-state index in [-0.39, 0.29) is 36.3 Å². The van der Waals surface area contributed by atoms with E-state index in [2.05, 4.69) is 5.10 Å². The molecular formula is C22H21N3O4. The van der Waals surface area contributed by atoms with Crippen molar-refractivity contribution in [2.45, 2.75) is 33.0 Å². The summed E-state index contributed by atoms with van der Waals surface area (Å²) in [5, 5.41) is 5.43. The third-order valence-electron chi connectivity index (χ3n) is 4.66. The molecule has 3 heterocycles. The molecule has 7 nitrogen and oxygen atoms in total. The lowest BCUT2D eigenvalue weighted by Gasteiger charge is -2.22. The van der Waals surface area contributed by atoms with Gasteiger partial charge in [0.05, 0.1) is 37.0 Å². The number of aromatic nitrogens is 2. The van der Waals surface area contributed by atoms with E-state index in [1.54, 1.807) is 53.8 Å². The average molecular weight is 391 g/mol. The molecular weight excluding hydrogens is 370 g/mol. The summed E-state index contributed by atoms with van der Waals surface area (Å²) in [6.07, 6.45) is 3.13. The van der Waals surface area contributed by atoms with Crippen LogP contribution in [-0.4, -0.2) is 20.6 Å². The predicted molar refractivity (Wildman–Crippen MR) is 107 cm³/mol. The minimum Gasteiger partial charge on any atom is -0.467 e. The number of amides is 1. The summed E-state index contributed by atoms with van der Waals surface area (Å²) < 4.78 is 12.2. The lowest BCUT2D eigenvalue weighted by Crippen LogP contribution is -2.34. The van der Waals surface area contributed by atoms with Gasteiger partial charge in [0, 0.05) is 5.39 Å². The zero-order valence-corrected chi connectivity index (χ0v) is 16.2. The number of carbonyl (C=O) groups excluding carboxylic acids is 1. The Morgan fingerprint density at radius 3 is 2.07 bits per heavy atom. The summed E-state index contributed by atoms with van der Waals surface area (Å²) in [5.41, 5.74) is 0.0165. The molecule has 0 spiro atoms. The second-order valence-corrected chi connectivity index (χ2v) is 7.06. The predicted octanol–water partition coefficient (Wildman–Crippen LogP) is 4.01. The molecule has 0 unspecified atom stereocenters. The zero-order chi connectivity index (χ0) is 20.4. The van der Waals surface area contributed by atoms with Crippen molar-refractivity contribution in [2.75, 3.05) is 0 Å². The van der Waals surface area contributed by atoms with Crippen LogP contribution in [0.5, 0.6) is 0 Å². The quantitative estimate of drug-likeness (QED) is 0.496. The molecule has 0 aliphatic rings. The molecule has 29 heavy (non-hydrogen) atoms. The van der Waals surface area contributed by atoms with Crippen molar-refractivity contribution in [2.24, 2.45) is 0 Å². The topological polar surface area (TPSA) is 81.5 Å². The van der Waals surface area contributed by atoms with E-state index in [4.69, 9.17) is 8.83 Å². The van der Waals surface area contributed by atoms with E-state index in [9.17, 15) is 9.59 Å². The van der Waals surface area contributed by atoms with Gasteiger partial charge in [-0.2, -0.15) is 5.10 Å². The lowest BCUT2D eigenvalue weighted by atomic mass is 10.1. The summed E-state index contributed by atoms with van der Waals surface area (Å²) in [6, 6.07) is 14.0. The molecule has 0 aliphatic heterocycles. The molecule has 4 rings (SSSR count). The van der Waals surface area contributed by atoms with Gasteiger partial charge >= 0.3 is 0 Å². The average Bonchev–Trinajstić information content (AvgIpc) is 3.41. The third kappa shape index (κ3) is 3.71. The summed E-state index contributed by atoms with van der Waals surface area (Å²) in [5.74, 6) is 0.987. The van der Waals surface area contributed by atoms with Crippen molar-refractivity contribution in [3.63, 3.8) is 0 Å². The van der Waals surface area contributed by atoms with Crippen LogP contribution in [-0.2, 0) is 13.1 Å². The van der Waals surface area contributed by atoms with Crippen LogP contribution in [0.15, 0.2) is 74.7 Å². The molecule has 0 fully saturated rings. The highest BCUT2D eigenvalue weighted by atomic mass is 16.3. The first kappa shape index (κ1) is 18.7. The maximum absolute atomic E-state index is 13.6. The fraction of sp³-hybridized carbons (Fsp3) is 0.227. The van der Waals surface area contributed by atoms with Crippen molar-refractivity contribution in [3.05, 3.63) is 88.6 Å². The molecule has 148 valence electrons. The van der Waals surface area contributed by atoms with Crippen molar-refractivity contribution in [3.8, 4) is 0 Å². The number of hydrogen-bond acceptors (Lipinski definition) is 5. The van der Waals surface area contributed by atoms with Crippen LogP contribution < -0.4 is 5.56 Å². The number of fused-ring (bicyclic) bond motifs is 1. The second kappa shape index (κ2) is 7.79.